The number of nitrogens with one attached hydrogen (secondary N) is 2. The van der Waals surface area contributed by atoms with Crippen molar-refractivity contribution in [1.29, 1.82) is 0 Å². The van der Waals surface area contributed by atoms with Crippen LogP contribution in [0.15, 0.2) is 54.6 Å². The molecule has 0 saturated carbocycles. The molecule has 1 aliphatic carbocycles. The molecule has 3 aromatic rings. The fourth-order valence-electron chi connectivity index (χ4n) is 4.59. The number of aryl methyl sites for hydroxylation is 1. The molecule has 0 unspecified atom stereocenters. The predicted octanol–water partition coefficient (Wildman–Crippen LogP) is 4.29. The van der Waals surface area contributed by atoms with Crippen molar-refractivity contribution in [2.45, 2.75) is 46.6 Å². The molecule has 2 aliphatic rings. The van der Waals surface area contributed by atoms with Crippen molar-refractivity contribution in [3.8, 4) is 11.1 Å². The number of benzene rings is 2. The molecule has 0 spiro atoms. The Balaban J connectivity index is 0.000000236. The quantitative estimate of drug-likeness (QED) is 0.426. The Morgan fingerprint density at radius 1 is 0.872 bits per heavy atom. The van der Waals surface area contributed by atoms with E-state index in [9.17, 15) is 0 Å². The first-order valence-electron chi connectivity index (χ1n) is 14.6. The van der Waals surface area contributed by atoms with Gasteiger partial charge in [-0.05, 0) is 58.0 Å². The maximum Gasteiger partial charge on any atom is 0.145 e. The van der Waals surface area contributed by atoms with Crippen LogP contribution in [0.4, 0.5) is 5.82 Å². The highest BCUT2D eigenvalue weighted by Gasteiger charge is 2.13. The standard InChI is InChI=1S/C18H30N6.C13H12.C2H6/c1-23(2)11-5-8-20-18-15-6-3-4-7-16(15)21-17(22-18)14-24-12-9-19-10-13-24;1-11-7-9-13(10-8-11)12-5-3-2-4-6-12;1-2/h6-7,19H,3-5,8-14H2,1-2H3,(H,20,21,22);2-10H,1H3;1-2H3. The second-order valence-corrected chi connectivity index (χ2v) is 10.1. The minimum absolute atomic E-state index is 0.842. The van der Waals surface area contributed by atoms with Gasteiger partial charge in [-0.25, -0.2) is 9.97 Å². The maximum absolute atomic E-state index is 4.85. The van der Waals surface area contributed by atoms with Gasteiger partial charge in [-0.2, -0.15) is 0 Å². The molecular formula is C33H48N6. The topological polar surface area (TPSA) is 56.3 Å². The Morgan fingerprint density at radius 3 is 2.23 bits per heavy atom. The highest BCUT2D eigenvalue weighted by molar-refractivity contribution is 5.63. The average Bonchev–Trinajstić information content (AvgIpc) is 2.98. The summed E-state index contributed by atoms with van der Waals surface area (Å²) in [6.07, 6.45) is 7.81. The van der Waals surface area contributed by atoms with Gasteiger partial charge < -0.3 is 15.5 Å². The molecule has 0 atom stereocenters. The summed E-state index contributed by atoms with van der Waals surface area (Å²) in [6.45, 7) is 13.2. The highest BCUT2D eigenvalue weighted by atomic mass is 15.2. The molecule has 210 valence electrons. The summed E-state index contributed by atoms with van der Waals surface area (Å²) in [5.41, 5.74) is 3.87. The van der Waals surface area contributed by atoms with Gasteiger partial charge in [0.15, 0.2) is 0 Å². The molecule has 0 bridgehead atoms. The third-order valence-corrected chi connectivity index (χ3v) is 6.68. The summed E-state index contributed by atoms with van der Waals surface area (Å²) in [5.74, 6) is 1.96. The zero-order valence-electron chi connectivity index (χ0n) is 24.7. The fourth-order valence-corrected chi connectivity index (χ4v) is 4.59. The van der Waals surface area contributed by atoms with Crippen molar-refractivity contribution in [1.82, 2.24) is 25.1 Å². The van der Waals surface area contributed by atoms with Crippen LogP contribution in [0.1, 0.15) is 44.5 Å². The average molecular weight is 529 g/mol. The van der Waals surface area contributed by atoms with Crippen LogP contribution >= 0.6 is 0 Å². The van der Waals surface area contributed by atoms with E-state index in [1.807, 2.05) is 19.9 Å². The molecule has 5 rings (SSSR count). The minimum Gasteiger partial charge on any atom is -0.369 e. The van der Waals surface area contributed by atoms with Crippen molar-refractivity contribution in [3.63, 3.8) is 0 Å². The van der Waals surface area contributed by atoms with Crippen LogP contribution in [-0.2, 0) is 6.54 Å². The van der Waals surface area contributed by atoms with Crippen molar-refractivity contribution in [2.75, 3.05) is 58.7 Å². The second kappa shape index (κ2) is 16.8. The first kappa shape index (κ1) is 30.5. The van der Waals surface area contributed by atoms with E-state index in [0.29, 0.717) is 0 Å². The van der Waals surface area contributed by atoms with E-state index in [1.165, 1.54) is 21.9 Å². The Hall–Kier alpha value is -3.06. The number of hydrogen-bond acceptors (Lipinski definition) is 6. The molecule has 6 nitrogen and oxygen atoms in total. The van der Waals surface area contributed by atoms with Crippen LogP contribution in [-0.4, -0.2) is 73.1 Å². The smallest absolute Gasteiger partial charge is 0.145 e. The van der Waals surface area contributed by atoms with Crippen LogP contribution in [0, 0.1) is 6.92 Å². The third-order valence-electron chi connectivity index (χ3n) is 6.68. The van der Waals surface area contributed by atoms with Crippen LogP contribution < -0.4 is 21.2 Å². The molecule has 2 N–H and O–H groups in total. The molecule has 1 saturated heterocycles. The van der Waals surface area contributed by atoms with E-state index >= 15 is 0 Å². The monoisotopic (exact) mass is 528 g/mol. The Bertz CT molecular complexity index is 1220. The number of fused-ring (bicyclic) bond motifs is 1. The SMILES string of the molecule is CC.CN(C)CCCNc1nc(CN2CCNCC2)nc2c1=CCCC=2.Cc1ccc(-c2ccccc2)cc1. The Kier molecular flexibility index (Phi) is 13.1. The van der Waals surface area contributed by atoms with E-state index in [-0.39, 0.29) is 0 Å². The maximum atomic E-state index is 4.85. The molecular weight excluding hydrogens is 480 g/mol. The summed E-state index contributed by atoms with van der Waals surface area (Å²) in [7, 11) is 4.22. The fraction of sp³-hybridized carbons (Fsp3) is 0.455. The van der Waals surface area contributed by atoms with Crippen LogP contribution in [0.2, 0.25) is 0 Å². The number of hydrogen-bond donors (Lipinski definition) is 2. The van der Waals surface area contributed by atoms with Gasteiger partial charge >= 0.3 is 0 Å². The summed E-state index contributed by atoms with van der Waals surface area (Å²) in [5, 5.41) is 9.24. The lowest BCUT2D eigenvalue weighted by Crippen LogP contribution is -2.44. The van der Waals surface area contributed by atoms with Crippen molar-refractivity contribution in [3.05, 3.63) is 76.6 Å². The van der Waals surface area contributed by atoms with E-state index in [0.717, 1.165) is 82.1 Å². The van der Waals surface area contributed by atoms with Gasteiger partial charge in [-0.15, -0.1) is 0 Å². The van der Waals surface area contributed by atoms with E-state index in [4.69, 9.17) is 9.97 Å². The zero-order chi connectivity index (χ0) is 27.9. The van der Waals surface area contributed by atoms with E-state index in [1.54, 1.807) is 0 Å². The van der Waals surface area contributed by atoms with Gasteiger partial charge in [0.1, 0.15) is 11.6 Å². The number of aromatic nitrogens is 2. The van der Waals surface area contributed by atoms with Crippen LogP contribution in [0.25, 0.3) is 23.3 Å². The van der Waals surface area contributed by atoms with Gasteiger partial charge in [0.05, 0.1) is 11.9 Å². The molecule has 6 heteroatoms. The third kappa shape index (κ3) is 10.2. The Morgan fingerprint density at radius 2 is 1.54 bits per heavy atom. The van der Waals surface area contributed by atoms with Gasteiger partial charge in [-0.3, -0.25) is 4.90 Å². The van der Waals surface area contributed by atoms with Crippen molar-refractivity contribution in [2.24, 2.45) is 0 Å². The van der Waals surface area contributed by atoms with Gasteiger partial charge in [0.2, 0.25) is 0 Å². The highest BCUT2D eigenvalue weighted by Crippen LogP contribution is 2.18. The molecule has 1 aliphatic heterocycles. The summed E-state index contributed by atoms with van der Waals surface area (Å²) in [6, 6.07) is 19.0. The molecule has 39 heavy (non-hydrogen) atoms. The summed E-state index contributed by atoms with van der Waals surface area (Å²) in [4.78, 5) is 14.3. The van der Waals surface area contributed by atoms with E-state index < -0.39 is 0 Å². The molecule has 1 fully saturated rings. The second-order valence-electron chi connectivity index (χ2n) is 10.1. The van der Waals surface area contributed by atoms with Crippen molar-refractivity contribution >= 4 is 18.0 Å². The van der Waals surface area contributed by atoms with Crippen molar-refractivity contribution < 1.29 is 0 Å². The molecule has 0 radical (unpaired) electrons. The van der Waals surface area contributed by atoms with Crippen LogP contribution in [0.5, 0.6) is 0 Å². The van der Waals surface area contributed by atoms with Gasteiger partial charge in [-0.1, -0.05) is 86.2 Å². The Labute approximate surface area is 235 Å². The number of nitrogens with zero attached hydrogens (tertiary/aromatic N) is 4. The zero-order valence-corrected chi connectivity index (χ0v) is 24.7. The molecule has 0 amide bonds. The minimum atomic E-state index is 0.842. The molecule has 1 aromatic heterocycles. The number of piperazine rings is 1. The molecule has 2 heterocycles. The summed E-state index contributed by atoms with van der Waals surface area (Å²) < 4.78 is 0. The lowest BCUT2D eigenvalue weighted by Gasteiger charge is -2.26. The first-order valence-corrected chi connectivity index (χ1v) is 14.6. The number of anilines is 1. The predicted molar refractivity (Wildman–Crippen MR) is 167 cm³/mol. The van der Waals surface area contributed by atoms with Gasteiger partial charge in [0, 0.05) is 37.9 Å². The normalized spacial score (nSPS) is 14.5. The number of rotatable bonds is 8. The van der Waals surface area contributed by atoms with E-state index in [2.05, 4.69) is 102 Å². The lowest BCUT2D eigenvalue weighted by atomic mass is 10.0. The van der Waals surface area contributed by atoms with Gasteiger partial charge in [0.25, 0.3) is 0 Å². The largest absolute Gasteiger partial charge is 0.369 e. The summed E-state index contributed by atoms with van der Waals surface area (Å²) >= 11 is 0. The lowest BCUT2D eigenvalue weighted by molar-refractivity contribution is 0.228. The first-order chi connectivity index (χ1) is 19.1. The van der Waals surface area contributed by atoms with Crippen LogP contribution in [0.3, 0.4) is 0 Å². The molecule has 2 aromatic carbocycles.